The van der Waals surface area contributed by atoms with Crippen LogP contribution in [0, 0.1) is 6.07 Å². The van der Waals surface area contributed by atoms with Gasteiger partial charge >= 0.3 is 0 Å². The van der Waals surface area contributed by atoms with E-state index in [1.807, 2.05) is 6.07 Å². The third-order valence-electron chi connectivity index (χ3n) is 3.21. The van der Waals surface area contributed by atoms with Gasteiger partial charge in [-0.05, 0) is 41.2 Å². The van der Waals surface area contributed by atoms with E-state index in [-0.39, 0.29) is 0 Å². The van der Waals surface area contributed by atoms with Crippen molar-refractivity contribution in [1.29, 1.82) is 0 Å². The third kappa shape index (κ3) is 3.22. The van der Waals surface area contributed by atoms with Gasteiger partial charge in [0.25, 0.3) is 0 Å². The monoisotopic (exact) mass is 237 g/mol. The Morgan fingerprint density at radius 3 is 2.17 bits per heavy atom. The molecule has 0 atom stereocenters. The summed E-state index contributed by atoms with van der Waals surface area (Å²) in [4.78, 5) is 0. The molecule has 0 spiro atoms. The van der Waals surface area contributed by atoms with Gasteiger partial charge in [-0.3, -0.25) is 0 Å². The van der Waals surface area contributed by atoms with Crippen LogP contribution in [-0.4, -0.2) is 0 Å². The second-order valence-electron chi connectivity index (χ2n) is 4.81. The lowest BCUT2D eigenvalue weighted by molar-refractivity contribution is 0.921. The number of benzene rings is 2. The van der Waals surface area contributed by atoms with E-state index in [2.05, 4.69) is 56.3 Å². The van der Waals surface area contributed by atoms with Crippen molar-refractivity contribution in [2.45, 2.75) is 39.5 Å². The van der Waals surface area contributed by atoms with Gasteiger partial charge in [0, 0.05) is 0 Å². The number of aryl methyl sites for hydroxylation is 2. The highest BCUT2D eigenvalue weighted by molar-refractivity contribution is 5.63. The highest BCUT2D eigenvalue weighted by Gasteiger charge is 2.00. The second kappa shape index (κ2) is 6.39. The molecule has 0 aliphatic heterocycles. The molecule has 0 saturated heterocycles. The Bertz CT molecular complexity index is 480. The lowest BCUT2D eigenvalue weighted by Gasteiger charge is -2.06. The van der Waals surface area contributed by atoms with Gasteiger partial charge in [0.2, 0.25) is 0 Å². The summed E-state index contributed by atoms with van der Waals surface area (Å²) in [5, 5.41) is 0. The first-order valence-electron chi connectivity index (χ1n) is 6.93. The quantitative estimate of drug-likeness (QED) is 0.682. The zero-order chi connectivity index (χ0) is 12.8. The molecule has 0 fully saturated rings. The average Bonchev–Trinajstić information content (AvgIpc) is 2.41. The summed E-state index contributed by atoms with van der Waals surface area (Å²) in [7, 11) is 0. The van der Waals surface area contributed by atoms with Crippen molar-refractivity contribution < 1.29 is 0 Å². The molecule has 0 aliphatic carbocycles. The maximum absolute atomic E-state index is 3.33. The zero-order valence-corrected chi connectivity index (χ0v) is 11.4. The summed E-state index contributed by atoms with van der Waals surface area (Å²) in [6.07, 6.45) is 4.71. The molecule has 0 N–H and O–H groups in total. The van der Waals surface area contributed by atoms with Crippen LogP contribution < -0.4 is 0 Å². The number of hydrogen-bond acceptors (Lipinski definition) is 0. The minimum atomic E-state index is 1.15. The average molecular weight is 237 g/mol. The van der Waals surface area contributed by atoms with Crippen molar-refractivity contribution in [3.63, 3.8) is 0 Å². The maximum atomic E-state index is 3.33. The van der Waals surface area contributed by atoms with Gasteiger partial charge in [-0.1, -0.05) is 69.2 Å². The van der Waals surface area contributed by atoms with Gasteiger partial charge < -0.3 is 0 Å². The minimum absolute atomic E-state index is 1.15. The van der Waals surface area contributed by atoms with Gasteiger partial charge in [0.1, 0.15) is 0 Å². The predicted molar refractivity (Wildman–Crippen MR) is 78.7 cm³/mol. The molecular formula is C18H21. The molecule has 2 aromatic carbocycles. The predicted octanol–water partition coefficient (Wildman–Crippen LogP) is 5.06. The molecule has 93 valence electrons. The molecule has 2 aromatic rings. The Hall–Kier alpha value is -1.56. The molecule has 2 rings (SSSR count). The normalized spacial score (nSPS) is 10.6. The molecule has 0 nitrogen and oxygen atoms in total. The molecule has 0 saturated carbocycles. The Morgan fingerprint density at radius 1 is 0.833 bits per heavy atom. The fourth-order valence-electron chi connectivity index (χ4n) is 2.26. The van der Waals surface area contributed by atoms with Gasteiger partial charge in [0.15, 0.2) is 0 Å². The summed E-state index contributed by atoms with van der Waals surface area (Å²) < 4.78 is 0. The van der Waals surface area contributed by atoms with Gasteiger partial charge in [-0.25, -0.2) is 0 Å². The SMILES string of the molecule is CCCc1ccc(-c2[c]ccc(CCC)c2)cc1. The topological polar surface area (TPSA) is 0 Å². The first-order chi connectivity index (χ1) is 8.83. The first-order valence-corrected chi connectivity index (χ1v) is 6.93. The Morgan fingerprint density at radius 2 is 1.50 bits per heavy atom. The van der Waals surface area contributed by atoms with Crippen LogP contribution in [0.25, 0.3) is 11.1 Å². The van der Waals surface area contributed by atoms with Gasteiger partial charge in [-0.15, -0.1) is 0 Å². The Kier molecular flexibility index (Phi) is 4.58. The van der Waals surface area contributed by atoms with Crippen molar-refractivity contribution in [2.24, 2.45) is 0 Å². The van der Waals surface area contributed by atoms with Crippen LogP contribution >= 0.6 is 0 Å². The highest BCUT2D eigenvalue weighted by Crippen LogP contribution is 2.21. The zero-order valence-electron chi connectivity index (χ0n) is 11.4. The molecule has 0 unspecified atom stereocenters. The summed E-state index contributed by atoms with van der Waals surface area (Å²) in [6.45, 7) is 4.44. The van der Waals surface area contributed by atoms with Crippen molar-refractivity contribution in [3.05, 3.63) is 59.7 Å². The van der Waals surface area contributed by atoms with Crippen molar-refractivity contribution in [2.75, 3.05) is 0 Å². The van der Waals surface area contributed by atoms with Crippen LogP contribution in [0.3, 0.4) is 0 Å². The fraction of sp³-hybridized carbons (Fsp3) is 0.333. The summed E-state index contributed by atoms with van der Waals surface area (Å²) in [5.41, 5.74) is 5.31. The molecule has 0 bridgehead atoms. The number of rotatable bonds is 5. The van der Waals surface area contributed by atoms with E-state index in [4.69, 9.17) is 0 Å². The van der Waals surface area contributed by atoms with Crippen LogP contribution in [0.15, 0.2) is 42.5 Å². The standard InChI is InChI=1S/C18H21/c1-3-6-15-10-12-17(13-11-15)18-9-5-8-16(14-18)7-4-2/h5,8,10-14H,3-4,6-7H2,1-2H3. The third-order valence-corrected chi connectivity index (χ3v) is 3.21. The van der Waals surface area contributed by atoms with E-state index in [9.17, 15) is 0 Å². The van der Waals surface area contributed by atoms with Gasteiger partial charge in [-0.2, -0.15) is 0 Å². The van der Waals surface area contributed by atoms with E-state index >= 15 is 0 Å². The van der Waals surface area contributed by atoms with Crippen molar-refractivity contribution >= 4 is 0 Å². The summed E-state index contributed by atoms with van der Waals surface area (Å²) in [5.74, 6) is 0. The van der Waals surface area contributed by atoms with Crippen LogP contribution in [0.5, 0.6) is 0 Å². The van der Waals surface area contributed by atoms with Crippen molar-refractivity contribution in [3.8, 4) is 11.1 Å². The highest BCUT2D eigenvalue weighted by atomic mass is 14.0. The van der Waals surface area contributed by atoms with Crippen LogP contribution in [0.1, 0.15) is 37.8 Å². The molecule has 18 heavy (non-hydrogen) atoms. The molecular weight excluding hydrogens is 216 g/mol. The van der Waals surface area contributed by atoms with Crippen LogP contribution in [0.2, 0.25) is 0 Å². The maximum Gasteiger partial charge on any atom is -0.00990 e. The molecule has 0 aliphatic rings. The van der Waals surface area contributed by atoms with Crippen molar-refractivity contribution in [1.82, 2.24) is 0 Å². The lowest BCUT2D eigenvalue weighted by atomic mass is 9.99. The van der Waals surface area contributed by atoms with E-state index in [1.165, 1.54) is 41.5 Å². The van der Waals surface area contributed by atoms with E-state index in [0.717, 1.165) is 6.42 Å². The van der Waals surface area contributed by atoms with Crippen LogP contribution in [-0.2, 0) is 12.8 Å². The van der Waals surface area contributed by atoms with E-state index in [1.54, 1.807) is 0 Å². The van der Waals surface area contributed by atoms with E-state index in [0.29, 0.717) is 0 Å². The smallest absolute Gasteiger partial charge is 0.00990 e. The molecule has 0 heteroatoms. The second-order valence-corrected chi connectivity index (χ2v) is 4.81. The van der Waals surface area contributed by atoms with E-state index < -0.39 is 0 Å². The number of hydrogen-bond donors (Lipinski definition) is 0. The summed E-state index contributed by atoms with van der Waals surface area (Å²) in [6, 6.07) is 18.7. The molecule has 0 amide bonds. The lowest BCUT2D eigenvalue weighted by Crippen LogP contribution is -1.86. The largest absolute Gasteiger partial charge is 0.0651 e. The Balaban J connectivity index is 2.22. The molecule has 0 aromatic heterocycles. The Labute approximate surface area is 111 Å². The molecule has 1 radical (unpaired) electrons. The fourth-order valence-corrected chi connectivity index (χ4v) is 2.26. The first kappa shape index (κ1) is 12.9. The van der Waals surface area contributed by atoms with Gasteiger partial charge in [0.05, 0.1) is 0 Å². The molecule has 0 heterocycles. The minimum Gasteiger partial charge on any atom is -0.0651 e. The summed E-state index contributed by atoms with van der Waals surface area (Å²) >= 11 is 0. The van der Waals surface area contributed by atoms with Crippen LogP contribution in [0.4, 0.5) is 0 Å².